The van der Waals surface area contributed by atoms with Crippen LogP contribution in [-0.2, 0) is 16.0 Å². The molecule has 0 aromatic heterocycles. The molecule has 1 aliphatic heterocycles. The summed E-state index contributed by atoms with van der Waals surface area (Å²) >= 11 is 0. The normalized spacial score (nSPS) is 14.3. The van der Waals surface area contributed by atoms with Gasteiger partial charge in [0.1, 0.15) is 11.5 Å². The highest BCUT2D eigenvalue weighted by Crippen LogP contribution is 2.16. The SMILES string of the molecule is COc1ccc(CCC(=O)N2CCN(CC(=O)Nc3ccc(OC)cc3)CC2)cc1. The van der Waals surface area contributed by atoms with E-state index in [1.54, 1.807) is 14.2 Å². The first-order valence-electron chi connectivity index (χ1n) is 10.1. The van der Waals surface area contributed by atoms with E-state index in [0.29, 0.717) is 45.6 Å². The number of carbonyl (C=O) groups excluding carboxylic acids is 2. The van der Waals surface area contributed by atoms with Gasteiger partial charge in [0, 0.05) is 38.3 Å². The van der Waals surface area contributed by atoms with Crippen molar-refractivity contribution in [1.82, 2.24) is 9.80 Å². The number of nitrogens with one attached hydrogen (secondary N) is 1. The maximum Gasteiger partial charge on any atom is 0.238 e. The summed E-state index contributed by atoms with van der Waals surface area (Å²) in [6, 6.07) is 15.1. The molecule has 7 heteroatoms. The highest BCUT2D eigenvalue weighted by molar-refractivity contribution is 5.92. The largest absolute Gasteiger partial charge is 0.497 e. The third-order valence-corrected chi connectivity index (χ3v) is 5.25. The van der Waals surface area contributed by atoms with E-state index in [0.717, 1.165) is 22.7 Å². The molecule has 160 valence electrons. The maximum absolute atomic E-state index is 12.5. The van der Waals surface area contributed by atoms with Crippen LogP contribution in [0.5, 0.6) is 11.5 Å². The number of ether oxygens (including phenoxy) is 2. The summed E-state index contributed by atoms with van der Waals surface area (Å²) in [6.45, 7) is 3.02. The van der Waals surface area contributed by atoms with Crippen LogP contribution >= 0.6 is 0 Å². The number of hydrogen-bond donors (Lipinski definition) is 1. The second kappa shape index (κ2) is 10.6. The highest BCUT2D eigenvalue weighted by atomic mass is 16.5. The topological polar surface area (TPSA) is 71.1 Å². The molecule has 2 aromatic carbocycles. The van der Waals surface area contributed by atoms with Crippen molar-refractivity contribution in [2.24, 2.45) is 0 Å². The number of rotatable bonds is 8. The number of amides is 2. The molecule has 0 bridgehead atoms. The van der Waals surface area contributed by atoms with E-state index >= 15 is 0 Å². The fourth-order valence-corrected chi connectivity index (χ4v) is 3.43. The van der Waals surface area contributed by atoms with Gasteiger partial charge in [-0.15, -0.1) is 0 Å². The van der Waals surface area contributed by atoms with Crippen LogP contribution in [-0.4, -0.2) is 68.6 Å². The zero-order valence-electron chi connectivity index (χ0n) is 17.6. The minimum Gasteiger partial charge on any atom is -0.497 e. The van der Waals surface area contributed by atoms with Crippen molar-refractivity contribution in [1.29, 1.82) is 0 Å². The van der Waals surface area contributed by atoms with Crippen LogP contribution in [0, 0.1) is 0 Å². The van der Waals surface area contributed by atoms with Gasteiger partial charge in [0.25, 0.3) is 0 Å². The van der Waals surface area contributed by atoms with Crippen molar-refractivity contribution in [2.75, 3.05) is 52.3 Å². The molecule has 1 heterocycles. The molecule has 3 rings (SSSR count). The van der Waals surface area contributed by atoms with Gasteiger partial charge in [-0.1, -0.05) is 12.1 Å². The Morgan fingerprint density at radius 2 is 1.43 bits per heavy atom. The lowest BCUT2D eigenvalue weighted by Crippen LogP contribution is -2.50. The Kier molecular flexibility index (Phi) is 7.68. The minimum absolute atomic E-state index is 0.0561. The van der Waals surface area contributed by atoms with Crippen molar-refractivity contribution in [3.8, 4) is 11.5 Å². The molecule has 1 N–H and O–H groups in total. The molecule has 2 aromatic rings. The lowest BCUT2D eigenvalue weighted by atomic mass is 10.1. The van der Waals surface area contributed by atoms with Crippen LogP contribution in [0.1, 0.15) is 12.0 Å². The second-order valence-corrected chi connectivity index (χ2v) is 7.28. The molecule has 1 fully saturated rings. The summed E-state index contributed by atoms with van der Waals surface area (Å²) in [5.41, 5.74) is 1.87. The van der Waals surface area contributed by atoms with Gasteiger partial charge in [0.05, 0.1) is 20.8 Å². The Morgan fingerprint density at radius 1 is 0.867 bits per heavy atom. The van der Waals surface area contributed by atoms with Crippen LogP contribution in [0.25, 0.3) is 0 Å². The fraction of sp³-hybridized carbons (Fsp3) is 0.391. The van der Waals surface area contributed by atoms with E-state index in [9.17, 15) is 9.59 Å². The number of nitrogens with zero attached hydrogens (tertiary/aromatic N) is 2. The van der Waals surface area contributed by atoms with E-state index in [-0.39, 0.29) is 11.8 Å². The summed E-state index contributed by atoms with van der Waals surface area (Å²) in [6.07, 6.45) is 1.21. The van der Waals surface area contributed by atoms with Gasteiger partial charge in [-0.25, -0.2) is 0 Å². The summed E-state index contributed by atoms with van der Waals surface area (Å²) in [4.78, 5) is 28.8. The van der Waals surface area contributed by atoms with Gasteiger partial charge in [-0.05, 0) is 48.4 Å². The monoisotopic (exact) mass is 411 g/mol. The first kappa shape index (κ1) is 21.6. The number of methoxy groups -OCH3 is 2. The summed E-state index contributed by atoms with van der Waals surface area (Å²) in [5, 5.41) is 2.90. The van der Waals surface area contributed by atoms with E-state index in [1.807, 2.05) is 53.4 Å². The number of piperazine rings is 1. The molecular weight excluding hydrogens is 382 g/mol. The van der Waals surface area contributed by atoms with E-state index in [2.05, 4.69) is 10.2 Å². The van der Waals surface area contributed by atoms with Gasteiger partial charge < -0.3 is 19.7 Å². The Bertz CT molecular complexity index is 829. The van der Waals surface area contributed by atoms with Crippen molar-refractivity contribution in [2.45, 2.75) is 12.8 Å². The van der Waals surface area contributed by atoms with Gasteiger partial charge >= 0.3 is 0 Å². The molecule has 1 aliphatic rings. The fourth-order valence-electron chi connectivity index (χ4n) is 3.43. The number of carbonyl (C=O) groups is 2. The average Bonchev–Trinajstić information content (AvgIpc) is 2.78. The molecular formula is C23H29N3O4. The molecule has 30 heavy (non-hydrogen) atoms. The third-order valence-electron chi connectivity index (χ3n) is 5.25. The first-order valence-corrected chi connectivity index (χ1v) is 10.1. The molecule has 7 nitrogen and oxygen atoms in total. The van der Waals surface area contributed by atoms with Crippen molar-refractivity contribution in [3.05, 3.63) is 54.1 Å². The molecule has 0 spiro atoms. The average molecular weight is 412 g/mol. The first-order chi connectivity index (χ1) is 14.6. The smallest absolute Gasteiger partial charge is 0.238 e. The maximum atomic E-state index is 12.5. The Balaban J connectivity index is 1.37. The number of hydrogen-bond acceptors (Lipinski definition) is 5. The third kappa shape index (κ3) is 6.22. The molecule has 0 aliphatic carbocycles. The van der Waals surface area contributed by atoms with Crippen molar-refractivity contribution in [3.63, 3.8) is 0 Å². The van der Waals surface area contributed by atoms with Crippen LogP contribution in [0.3, 0.4) is 0 Å². The van der Waals surface area contributed by atoms with Gasteiger partial charge in [-0.2, -0.15) is 0 Å². The standard InChI is InChI=1S/C23H29N3O4/c1-29-20-8-3-18(4-9-20)5-12-23(28)26-15-13-25(14-16-26)17-22(27)24-19-6-10-21(30-2)11-7-19/h3-4,6-11H,5,12-17H2,1-2H3,(H,24,27). The zero-order chi connectivity index (χ0) is 21.3. The van der Waals surface area contributed by atoms with Crippen LogP contribution < -0.4 is 14.8 Å². The number of anilines is 1. The lowest BCUT2D eigenvalue weighted by Gasteiger charge is -2.34. The van der Waals surface area contributed by atoms with E-state index < -0.39 is 0 Å². The Hall–Kier alpha value is -3.06. The predicted molar refractivity (Wildman–Crippen MR) is 116 cm³/mol. The van der Waals surface area contributed by atoms with Crippen LogP contribution in [0.4, 0.5) is 5.69 Å². The van der Waals surface area contributed by atoms with Crippen LogP contribution in [0.15, 0.2) is 48.5 Å². The summed E-state index contributed by atoms with van der Waals surface area (Å²) in [5.74, 6) is 1.67. The summed E-state index contributed by atoms with van der Waals surface area (Å²) in [7, 11) is 3.25. The zero-order valence-corrected chi connectivity index (χ0v) is 17.6. The molecule has 2 amide bonds. The van der Waals surface area contributed by atoms with Crippen molar-refractivity contribution < 1.29 is 19.1 Å². The van der Waals surface area contributed by atoms with Crippen molar-refractivity contribution >= 4 is 17.5 Å². The van der Waals surface area contributed by atoms with Crippen LogP contribution in [0.2, 0.25) is 0 Å². The molecule has 0 atom stereocenters. The van der Waals surface area contributed by atoms with Gasteiger partial charge in [0.2, 0.25) is 11.8 Å². The lowest BCUT2D eigenvalue weighted by molar-refractivity contribution is -0.133. The van der Waals surface area contributed by atoms with E-state index in [1.165, 1.54) is 0 Å². The van der Waals surface area contributed by atoms with Gasteiger partial charge in [0.15, 0.2) is 0 Å². The van der Waals surface area contributed by atoms with E-state index in [4.69, 9.17) is 9.47 Å². The molecule has 1 saturated heterocycles. The molecule has 0 radical (unpaired) electrons. The number of aryl methyl sites for hydroxylation is 1. The quantitative estimate of drug-likeness (QED) is 0.722. The molecule has 0 saturated carbocycles. The molecule has 0 unspecified atom stereocenters. The summed E-state index contributed by atoms with van der Waals surface area (Å²) < 4.78 is 10.3. The van der Waals surface area contributed by atoms with Gasteiger partial charge in [-0.3, -0.25) is 14.5 Å². The second-order valence-electron chi connectivity index (χ2n) is 7.28. The highest BCUT2D eigenvalue weighted by Gasteiger charge is 2.22. The Morgan fingerprint density at radius 3 is 2.00 bits per heavy atom. The predicted octanol–water partition coefficient (Wildman–Crippen LogP) is 2.42. The Labute approximate surface area is 177 Å². The minimum atomic E-state index is -0.0561. The number of benzene rings is 2.